The molecule has 4 nitrogen and oxygen atoms in total. The zero-order valence-corrected chi connectivity index (χ0v) is 15.4. The standard InChI is InChI=1S/C18H14F6N2O2S/c19-17(20,21)11-6-12(18(22,23)24)8-13(7-11)26-16(27)10-1-3-25-15(5-10)28-14-2-4-29-9-14/h1,3,5-8,14H,2,4,9H2,(H,26,27). The van der Waals surface area contributed by atoms with Crippen LogP contribution in [0, 0.1) is 0 Å². The van der Waals surface area contributed by atoms with E-state index in [-0.39, 0.29) is 23.6 Å². The molecule has 1 aliphatic rings. The van der Waals surface area contributed by atoms with E-state index in [1.807, 2.05) is 0 Å². The van der Waals surface area contributed by atoms with E-state index < -0.39 is 35.1 Å². The first-order chi connectivity index (χ1) is 13.5. The van der Waals surface area contributed by atoms with Gasteiger partial charge in [0, 0.05) is 29.3 Å². The zero-order chi connectivity index (χ0) is 21.2. The second-order valence-electron chi connectivity index (χ2n) is 6.23. The van der Waals surface area contributed by atoms with Crippen molar-refractivity contribution in [2.45, 2.75) is 24.9 Å². The molecule has 11 heteroatoms. The Balaban J connectivity index is 1.83. The molecule has 1 amide bonds. The number of alkyl halides is 6. The fourth-order valence-corrected chi connectivity index (χ4v) is 3.72. The minimum absolute atomic E-state index is 0.00630. The van der Waals surface area contributed by atoms with Crippen molar-refractivity contribution in [3.8, 4) is 5.88 Å². The van der Waals surface area contributed by atoms with Crippen molar-refractivity contribution < 1.29 is 35.9 Å². The molecule has 2 heterocycles. The molecule has 0 radical (unpaired) electrons. The summed E-state index contributed by atoms with van der Waals surface area (Å²) >= 11 is 1.70. The van der Waals surface area contributed by atoms with Gasteiger partial charge in [-0.3, -0.25) is 4.79 Å². The summed E-state index contributed by atoms with van der Waals surface area (Å²) in [6.45, 7) is 0. The van der Waals surface area contributed by atoms with Crippen LogP contribution in [0.25, 0.3) is 0 Å². The minimum atomic E-state index is -5.00. The number of hydrogen-bond donors (Lipinski definition) is 1. The molecule has 3 rings (SSSR count). The van der Waals surface area contributed by atoms with Crippen LogP contribution in [0.2, 0.25) is 0 Å². The second kappa shape index (κ2) is 8.13. The topological polar surface area (TPSA) is 51.2 Å². The van der Waals surface area contributed by atoms with E-state index in [2.05, 4.69) is 10.3 Å². The summed E-state index contributed by atoms with van der Waals surface area (Å²) in [6, 6.07) is 3.46. The lowest BCUT2D eigenvalue weighted by atomic mass is 10.1. The molecule has 0 aliphatic carbocycles. The molecule has 0 saturated carbocycles. The molecule has 1 unspecified atom stereocenters. The van der Waals surface area contributed by atoms with Crippen LogP contribution >= 0.6 is 11.8 Å². The molecule has 0 bridgehead atoms. The lowest BCUT2D eigenvalue weighted by molar-refractivity contribution is -0.143. The number of amides is 1. The molecule has 1 aliphatic heterocycles. The largest absolute Gasteiger partial charge is 0.473 e. The summed E-state index contributed by atoms with van der Waals surface area (Å²) in [5.41, 5.74) is -3.66. The summed E-state index contributed by atoms with van der Waals surface area (Å²) in [4.78, 5) is 16.3. The Kier molecular flexibility index (Phi) is 5.97. The van der Waals surface area contributed by atoms with E-state index in [0.717, 1.165) is 17.9 Å². The van der Waals surface area contributed by atoms with Gasteiger partial charge in [-0.25, -0.2) is 4.98 Å². The van der Waals surface area contributed by atoms with Gasteiger partial charge in [0.2, 0.25) is 5.88 Å². The van der Waals surface area contributed by atoms with Gasteiger partial charge < -0.3 is 10.1 Å². The number of halogens is 6. The number of nitrogens with zero attached hydrogens (tertiary/aromatic N) is 1. The third kappa shape index (κ3) is 5.55. The highest BCUT2D eigenvalue weighted by Crippen LogP contribution is 2.37. The third-order valence-electron chi connectivity index (χ3n) is 4.02. The predicted molar refractivity (Wildman–Crippen MR) is 95.0 cm³/mol. The lowest BCUT2D eigenvalue weighted by Crippen LogP contribution is -2.17. The Labute approximate surface area is 165 Å². The van der Waals surface area contributed by atoms with Gasteiger partial charge in [0.05, 0.1) is 11.1 Å². The van der Waals surface area contributed by atoms with Gasteiger partial charge in [0.1, 0.15) is 6.10 Å². The molecule has 1 aromatic heterocycles. The minimum Gasteiger partial charge on any atom is -0.473 e. The van der Waals surface area contributed by atoms with Crippen molar-refractivity contribution in [3.63, 3.8) is 0 Å². The summed E-state index contributed by atoms with van der Waals surface area (Å²) < 4.78 is 83.3. The molecule has 1 N–H and O–H groups in total. The number of carbonyl (C=O) groups is 1. The Morgan fingerprint density at radius 2 is 1.72 bits per heavy atom. The van der Waals surface area contributed by atoms with Crippen LogP contribution in [0.5, 0.6) is 5.88 Å². The van der Waals surface area contributed by atoms with E-state index in [4.69, 9.17) is 4.74 Å². The molecular formula is C18H14F6N2O2S. The fourth-order valence-electron chi connectivity index (χ4n) is 2.62. The first kappa shape index (κ1) is 21.3. The Morgan fingerprint density at radius 3 is 2.28 bits per heavy atom. The van der Waals surface area contributed by atoms with Crippen LogP contribution < -0.4 is 10.1 Å². The van der Waals surface area contributed by atoms with Crippen molar-refractivity contribution in [2.75, 3.05) is 16.8 Å². The monoisotopic (exact) mass is 436 g/mol. The molecule has 0 spiro atoms. The normalized spacial score (nSPS) is 17.2. The van der Waals surface area contributed by atoms with Crippen LogP contribution in [0.3, 0.4) is 0 Å². The quantitative estimate of drug-likeness (QED) is 0.665. The van der Waals surface area contributed by atoms with Crippen molar-refractivity contribution >= 4 is 23.4 Å². The first-order valence-electron chi connectivity index (χ1n) is 8.33. The highest BCUT2D eigenvalue weighted by atomic mass is 32.2. The van der Waals surface area contributed by atoms with Gasteiger partial charge in [-0.1, -0.05) is 0 Å². The molecule has 1 fully saturated rings. The zero-order valence-electron chi connectivity index (χ0n) is 14.6. The number of benzene rings is 1. The Morgan fingerprint density at radius 1 is 1.07 bits per heavy atom. The smallest absolute Gasteiger partial charge is 0.416 e. The van der Waals surface area contributed by atoms with Crippen molar-refractivity contribution in [1.82, 2.24) is 4.98 Å². The van der Waals surface area contributed by atoms with Crippen molar-refractivity contribution in [1.29, 1.82) is 0 Å². The molecule has 1 atom stereocenters. The van der Waals surface area contributed by atoms with Gasteiger partial charge in [0.25, 0.3) is 5.91 Å². The maximum Gasteiger partial charge on any atom is 0.416 e. The average Bonchev–Trinajstić information content (AvgIpc) is 3.13. The summed E-state index contributed by atoms with van der Waals surface area (Å²) in [5.74, 6) is 0.973. The molecular weight excluding hydrogens is 422 g/mol. The summed E-state index contributed by atoms with van der Waals surface area (Å²) in [6.07, 6.45) is -7.98. The van der Waals surface area contributed by atoms with Gasteiger partial charge in [0.15, 0.2) is 0 Å². The van der Waals surface area contributed by atoms with E-state index in [1.165, 1.54) is 18.3 Å². The van der Waals surface area contributed by atoms with Crippen LogP contribution in [-0.4, -0.2) is 28.5 Å². The Bertz CT molecular complexity index is 862. The van der Waals surface area contributed by atoms with E-state index >= 15 is 0 Å². The molecule has 29 heavy (non-hydrogen) atoms. The van der Waals surface area contributed by atoms with Crippen LogP contribution in [-0.2, 0) is 12.4 Å². The van der Waals surface area contributed by atoms with Gasteiger partial charge in [-0.2, -0.15) is 38.1 Å². The number of pyridine rings is 1. The van der Waals surface area contributed by atoms with Gasteiger partial charge >= 0.3 is 12.4 Å². The first-order valence-corrected chi connectivity index (χ1v) is 9.49. The predicted octanol–water partition coefficient (Wildman–Crippen LogP) is 5.26. The van der Waals surface area contributed by atoms with E-state index in [9.17, 15) is 31.1 Å². The number of nitrogens with one attached hydrogen (secondary N) is 1. The maximum atomic E-state index is 12.9. The van der Waals surface area contributed by atoms with Crippen molar-refractivity contribution in [3.05, 3.63) is 53.2 Å². The van der Waals surface area contributed by atoms with Crippen molar-refractivity contribution in [2.24, 2.45) is 0 Å². The van der Waals surface area contributed by atoms with Gasteiger partial charge in [-0.05, 0) is 36.4 Å². The maximum absolute atomic E-state index is 12.9. The van der Waals surface area contributed by atoms with Crippen LogP contribution in [0.1, 0.15) is 27.9 Å². The number of anilines is 1. The SMILES string of the molecule is O=C(Nc1cc(C(F)(F)F)cc(C(F)(F)F)c1)c1ccnc(OC2CCSC2)c1. The highest BCUT2D eigenvalue weighted by molar-refractivity contribution is 7.99. The fraction of sp³-hybridized carbons (Fsp3) is 0.333. The lowest BCUT2D eigenvalue weighted by Gasteiger charge is -2.15. The summed E-state index contributed by atoms with van der Waals surface area (Å²) in [7, 11) is 0. The molecule has 1 saturated heterocycles. The number of ether oxygens (including phenoxy) is 1. The number of aromatic nitrogens is 1. The number of thioether (sulfide) groups is 1. The molecule has 2 aromatic rings. The van der Waals surface area contributed by atoms with Crippen LogP contribution in [0.15, 0.2) is 36.5 Å². The average molecular weight is 436 g/mol. The number of hydrogen-bond acceptors (Lipinski definition) is 4. The molecule has 1 aromatic carbocycles. The number of carbonyl (C=O) groups excluding carboxylic acids is 1. The van der Waals surface area contributed by atoms with E-state index in [0.29, 0.717) is 12.1 Å². The van der Waals surface area contributed by atoms with Gasteiger partial charge in [-0.15, -0.1) is 0 Å². The van der Waals surface area contributed by atoms with Crippen LogP contribution in [0.4, 0.5) is 32.0 Å². The third-order valence-corrected chi connectivity index (χ3v) is 5.15. The second-order valence-corrected chi connectivity index (χ2v) is 7.38. The Hall–Kier alpha value is -2.43. The molecule has 156 valence electrons. The summed E-state index contributed by atoms with van der Waals surface area (Å²) in [5, 5.41) is 2.08. The number of rotatable bonds is 4. The highest BCUT2D eigenvalue weighted by Gasteiger charge is 2.37. The van der Waals surface area contributed by atoms with E-state index in [1.54, 1.807) is 11.8 Å².